The number of amides is 1. The van der Waals surface area contributed by atoms with Gasteiger partial charge in [0.05, 0.1) is 19.2 Å². The highest BCUT2D eigenvalue weighted by atomic mass is 16.5. The van der Waals surface area contributed by atoms with E-state index in [1.54, 1.807) is 30.2 Å². The Balaban J connectivity index is 1.63. The van der Waals surface area contributed by atoms with E-state index in [-0.39, 0.29) is 19.1 Å². The zero-order valence-corrected chi connectivity index (χ0v) is 14.6. The summed E-state index contributed by atoms with van der Waals surface area (Å²) in [7, 11) is 1.54. The monoisotopic (exact) mass is 341 g/mol. The van der Waals surface area contributed by atoms with Crippen molar-refractivity contribution in [3.63, 3.8) is 0 Å². The molecule has 1 atom stereocenters. The van der Waals surface area contributed by atoms with Crippen molar-refractivity contribution in [2.24, 2.45) is 0 Å². The summed E-state index contributed by atoms with van der Waals surface area (Å²) in [4.78, 5) is 14.4. The second-order valence-corrected chi connectivity index (χ2v) is 6.50. The molecule has 25 heavy (non-hydrogen) atoms. The van der Waals surface area contributed by atoms with Gasteiger partial charge in [0.1, 0.15) is 23.7 Å². The zero-order valence-electron chi connectivity index (χ0n) is 14.6. The number of methoxy groups -OCH3 is 1. The topological polar surface area (TPSA) is 59.0 Å². The Morgan fingerprint density at radius 3 is 2.64 bits per heavy atom. The van der Waals surface area contributed by atoms with E-state index in [0.717, 1.165) is 5.56 Å². The van der Waals surface area contributed by atoms with Crippen molar-refractivity contribution < 1.29 is 19.4 Å². The van der Waals surface area contributed by atoms with E-state index in [0.29, 0.717) is 30.0 Å². The maximum Gasteiger partial charge on any atom is 0.257 e. The van der Waals surface area contributed by atoms with Gasteiger partial charge in [-0.05, 0) is 37.6 Å². The summed E-state index contributed by atoms with van der Waals surface area (Å²) < 4.78 is 11.0. The molecule has 0 saturated carbocycles. The summed E-state index contributed by atoms with van der Waals surface area (Å²) in [5, 5.41) is 10.7. The Labute approximate surface area is 147 Å². The third-order valence-corrected chi connectivity index (χ3v) is 4.49. The van der Waals surface area contributed by atoms with E-state index in [9.17, 15) is 9.90 Å². The number of carbonyl (C=O) groups is 1. The third-order valence-electron chi connectivity index (χ3n) is 4.49. The molecule has 0 aliphatic carbocycles. The number of hydrogen-bond acceptors (Lipinski definition) is 4. The van der Waals surface area contributed by atoms with E-state index in [1.165, 1.54) is 0 Å². The molecule has 2 aromatic carbocycles. The lowest BCUT2D eigenvalue weighted by atomic mass is 10.1. The molecule has 1 heterocycles. The van der Waals surface area contributed by atoms with E-state index in [1.807, 2.05) is 37.3 Å². The molecule has 1 aliphatic rings. The lowest BCUT2D eigenvalue weighted by Gasteiger charge is -2.24. The minimum absolute atomic E-state index is 0.135. The van der Waals surface area contributed by atoms with Crippen molar-refractivity contribution in [1.82, 2.24) is 4.90 Å². The third kappa shape index (κ3) is 3.94. The van der Waals surface area contributed by atoms with Crippen LogP contribution in [0.3, 0.4) is 0 Å². The molecule has 1 saturated heterocycles. The minimum Gasteiger partial charge on any atom is -0.496 e. The molecule has 0 aromatic heterocycles. The summed E-state index contributed by atoms with van der Waals surface area (Å²) in [5.41, 5.74) is 0.622. The summed E-state index contributed by atoms with van der Waals surface area (Å²) in [6.45, 7) is 2.90. The van der Waals surface area contributed by atoms with Crippen LogP contribution < -0.4 is 9.47 Å². The molecule has 3 rings (SSSR count). The molecule has 0 radical (unpaired) electrons. The Morgan fingerprint density at radius 1 is 1.20 bits per heavy atom. The number of nitrogens with zero attached hydrogens (tertiary/aromatic N) is 1. The van der Waals surface area contributed by atoms with Crippen molar-refractivity contribution in [1.29, 1.82) is 0 Å². The lowest BCUT2D eigenvalue weighted by molar-refractivity contribution is 0.00427. The molecule has 0 bridgehead atoms. The Hall–Kier alpha value is -2.53. The van der Waals surface area contributed by atoms with Gasteiger partial charge >= 0.3 is 0 Å². The zero-order chi connectivity index (χ0) is 17.9. The van der Waals surface area contributed by atoms with Gasteiger partial charge < -0.3 is 19.5 Å². The number of para-hydroxylation sites is 1. The molecule has 5 heteroatoms. The fourth-order valence-corrected chi connectivity index (χ4v) is 2.99. The molecule has 1 N–H and O–H groups in total. The van der Waals surface area contributed by atoms with Crippen molar-refractivity contribution in [3.05, 3.63) is 59.7 Å². The predicted molar refractivity (Wildman–Crippen MR) is 95.1 cm³/mol. The fraction of sp³-hybridized carbons (Fsp3) is 0.350. The van der Waals surface area contributed by atoms with Crippen LogP contribution in [0.15, 0.2) is 48.5 Å². The molecule has 0 unspecified atom stereocenters. The summed E-state index contributed by atoms with van der Waals surface area (Å²) in [5.74, 6) is 1.12. The Morgan fingerprint density at radius 2 is 1.92 bits per heavy atom. The van der Waals surface area contributed by atoms with Crippen LogP contribution in [0, 0.1) is 6.92 Å². The average molecular weight is 341 g/mol. The summed E-state index contributed by atoms with van der Waals surface area (Å²) in [6.07, 6.45) is 0.486. The van der Waals surface area contributed by atoms with Gasteiger partial charge in [-0.25, -0.2) is 0 Å². The second kappa shape index (κ2) is 7.15. The van der Waals surface area contributed by atoms with Gasteiger partial charge in [0.25, 0.3) is 5.91 Å². The minimum atomic E-state index is -1.04. The van der Waals surface area contributed by atoms with Gasteiger partial charge in [0.15, 0.2) is 0 Å². The number of aliphatic hydroxyl groups is 1. The molecular weight excluding hydrogens is 318 g/mol. The molecular formula is C20H23NO4. The highest BCUT2D eigenvalue weighted by molar-refractivity contribution is 5.97. The van der Waals surface area contributed by atoms with E-state index in [2.05, 4.69) is 0 Å². The van der Waals surface area contributed by atoms with Gasteiger partial charge in [-0.15, -0.1) is 0 Å². The van der Waals surface area contributed by atoms with Crippen LogP contribution >= 0.6 is 0 Å². The van der Waals surface area contributed by atoms with Crippen molar-refractivity contribution in [3.8, 4) is 11.5 Å². The first-order valence-electron chi connectivity index (χ1n) is 8.35. The van der Waals surface area contributed by atoms with Crippen LogP contribution in [-0.4, -0.2) is 48.3 Å². The number of β-amino-alcohol motifs (C(OH)–C–C–N with tert-alkyl or cyclic N) is 1. The van der Waals surface area contributed by atoms with Crippen molar-refractivity contribution in [2.75, 3.05) is 26.8 Å². The first-order chi connectivity index (χ1) is 12.0. The predicted octanol–water partition coefficient (Wildman–Crippen LogP) is 2.66. The van der Waals surface area contributed by atoms with Gasteiger partial charge in [-0.2, -0.15) is 0 Å². The van der Waals surface area contributed by atoms with Gasteiger partial charge in [-0.1, -0.05) is 29.8 Å². The van der Waals surface area contributed by atoms with E-state index >= 15 is 0 Å². The molecule has 1 aliphatic heterocycles. The van der Waals surface area contributed by atoms with Crippen LogP contribution in [0.5, 0.6) is 11.5 Å². The van der Waals surface area contributed by atoms with Gasteiger partial charge in [-0.3, -0.25) is 4.79 Å². The molecule has 5 nitrogen and oxygen atoms in total. The molecule has 0 spiro atoms. The van der Waals surface area contributed by atoms with Crippen molar-refractivity contribution in [2.45, 2.75) is 18.9 Å². The Kier molecular flexibility index (Phi) is 4.95. The number of rotatable bonds is 5. The smallest absolute Gasteiger partial charge is 0.257 e. The highest BCUT2D eigenvalue weighted by Crippen LogP contribution is 2.27. The van der Waals surface area contributed by atoms with E-state index in [4.69, 9.17) is 9.47 Å². The van der Waals surface area contributed by atoms with Gasteiger partial charge in [0.2, 0.25) is 0 Å². The summed E-state index contributed by atoms with van der Waals surface area (Å²) in [6, 6.07) is 14.8. The van der Waals surface area contributed by atoms with Crippen LogP contribution in [0.2, 0.25) is 0 Å². The molecule has 1 amide bonds. The number of carbonyl (C=O) groups excluding carboxylic acids is 1. The quantitative estimate of drug-likeness (QED) is 0.908. The average Bonchev–Trinajstić information content (AvgIpc) is 3.03. The standard InChI is InChI=1S/C20H23NO4/c1-15-7-9-16(10-8-15)25-14-20(23)11-12-21(13-20)19(22)17-5-3-4-6-18(17)24-2/h3-10,23H,11-14H2,1-2H3/t20-/m1/s1. The number of likely N-dealkylation sites (tertiary alicyclic amines) is 1. The van der Waals surface area contributed by atoms with Crippen LogP contribution in [0.4, 0.5) is 0 Å². The fourth-order valence-electron chi connectivity index (χ4n) is 2.99. The van der Waals surface area contributed by atoms with Gasteiger partial charge in [0, 0.05) is 6.54 Å². The van der Waals surface area contributed by atoms with Crippen molar-refractivity contribution >= 4 is 5.91 Å². The second-order valence-electron chi connectivity index (χ2n) is 6.50. The van der Waals surface area contributed by atoms with E-state index < -0.39 is 5.60 Å². The number of hydrogen-bond donors (Lipinski definition) is 1. The van der Waals surface area contributed by atoms with Crippen LogP contribution in [0.25, 0.3) is 0 Å². The van der Waals surface area contributed by atoms with Crippen LogP contribution in [-0.2, 0) is 0 Å². The summed E-state index contributed by atoms with van der Waals surface area (Å²) >= 11 is 0. The largest absolute Gasteiger partial charge is 0.496 e. The molecule has 2 aromatic rings. The first-order valence-corrected chi connectivity index (χ1v) is 8.35. The molecule has 1 fully saturated rings. The Bertz CT molecular complexity index is 744. The SMILES string of the molecule is COc1ccccc1C(=O)N1CC[C@](O)(COc2ccc(C)cc2)C1. The number of ether oxygens (including phenoxy) is 2. The number of aryl methyl sites for hydroxylation is 1. The van der Waals surface area contributed by atoms with Crippen LogP contribution in [0.1, 0.15) is 22.3 Å². The first kappa shape index (κ1) is 17.3. The lowest BCUT2D eigenvalue weighted by Crippen LogP contribution is -2.40. The number of benzene rings is 2. The maximum absolute atomic E-state index is 12.7. The highest BCUT2D eigenvalue weighted by Gasteiger charge is 2.39. The normalized spacial score (nSPS) is 19.7. The maximum atomic E-state index is 12.7. The molecule has 132 valence electrons.